The van der Waals surface area contributed by atoms with Crippen molar-refractivity contribution in [1.82, 2.24) is 4.90 Å². The number of fused-ring (bicyclic) bond motifs is 3. The van der Waals surface area contributed by atoms with Gasteiger partial charge >= 0.3 is 5.97 Å². The quantitative estimate of drug-likeness (QED) is 0.793. The van der Waals surface area contributed by atoms with E-state index in [1.54, 1.807) is 6.07 Å². The molecular weight excluding hydrogens is 330 g/mol. The number of aliphatic hydroxyl groups is 1. The van der Waals surface area contributed by atoms with Gasteiger partial charge in [-0.25, -0.2) is 4.79 Å². The third kappa shape index (κ3) is 1.71. The van der Waals surface area contributed by atoms with Crippen LogP contribution in [0.25, 0.3) is 0 Å². The van der Waals surface area contributed by atoms with Crippen LogP contribution < -0.4 is 0 Å². The fraction of sp³-hybridized carbons (Fsp3) is 0.667. The van der Waals surface area contributed by atoms with Gasteiger partial charge in [0.25, 0.3) is 0 Å². The monoisotopic (exact) mass is 355 g/mol. The van der Waals surface area contributed by atoms with E-state index in [9.17, 15) is 15.0 Å². The van der Waals surface area contributed by atoms with Crippen LogP contribution in [0.2, 0.25) is 0 Å². The number of aromatic hydroxyl groups is 1. The molecule has 5 heteroatoms. The fourth-order valence-corrected chi connectivity index (χ4v) is 6.59. The number of benzene rings is 1. The van der Waals surface area contributed by atoms with Crippen LogP contribution in [-0.4, -0.2) is 51.4 Å². The molecule has 3 saturated heterocycles. The lowest BCUT2D eigenvalue weighted by atomic mass is 9.45. The number of phenolic OH excluding ortho intramolecular Hbond substituents is 1. The van der Waals surface area contributed by atoms with Crippen molar-refractivity contribution in [2.24, 2.45) is 5.92 Å². The molecule has 2 saturated carbocycles. The smallest absolute Gasteiger partial charge is 0.338 e. The van der Waals surface area contributed by atoms with Gasteiger partial charge in [-0.3, -0.25) is 4.90 Å². The lowest BCUT2D eigenvalue weighted by molar-refractivity contribution is -0.272. The van der Waals surface area contributed by atoms with Crippen LogP contribution in [0.15, 0.2) is 18.2 Å². The minimum Gasteiger partial charge on any atom is -0.508 e. The second-order valence-electron chi connectivity index (χ2n) is 9.32. The summed E-state index contributed by atoms with van der Waals surface area (Å²) in [6, 6.07) is 5.83. The SMILES string of the molecule is O=C1O[C@@]23CC[C@]1(O)C[C@@]21CCN(CC2CC2)[C@@H]3Cc2ccc(O)cc21. The second-order valence-corrected chi connectivity index (χ2v) is 9.32. The summed E-state index contributed by atoms with van der Waals surface area (Å²) in [7, 11) is 0. The summed E-state index contributed by atoms with van der Waals surface area (Å²) in [5.74, 6) is 0.619. The Morgan fingerprint density at radius 1 is 1.23 bits per heavy atom. The Bertz CT molecular complexity index is 820. The van der Waals surface area contributed by atoms with E-state index in [0.29, 0.717) is 12.8 Å². The highest BCUT2D eigenvalue weighted by Gasteiger charge is 2.74. The number of hydrogen-bond acceptors (Lipinski definition) is 5. The molecule has 4 atom stereocenters. The van der Waals surface area contributed by atoms with Gasteiger partial charge in [-0.1, -0.05) is 6.07 Å². The largest absolute Gasteiger partial charge is 0.508 e. The predicted molar refractivity (Wildman–Crippen MR) is 93.8 cm³/mol. The van der Waals surface area contributed by atoms with Gasteiger partial charge in [0.2, 0.25) is 0 Å². The molecular formula is C21H25NO4. The maximum absolute atomic E-state index is 12.6. The van der Waals surface area contributed by atoms with Gasteiger partial charge in [-0.2, -0.15) is 0 Å². The number of nitrogens with zero attached hydrogens (tertiary/aromatic N) is 1. The number of ether oxygens (including phenoxy) is 1. The molecule has 7 rings (SSSR count). The molecule has 4 bridgehead atoms. The van der Waals surface area contributed by atoms with E-state index in [1.165, 1.54) is 18.4 Å². The van der Waals surface area contributed by atoms with Crippen LogP contribution in [0.3, 0.4) is 0 Å². The topological polar surface area (TPSA) is 70.0 Å². The zero-order chi connectivity index (χ0) is 17.7. The summed E-state index contributed by atoms with van der Waals surface area (Å²) >= 11 is 0. The molecule has 6 aliphatic rings. The number of carbonyl (C=O) groups excluding carboxylic acids is 1. The van der Waals surface area contributed by atoms with Crippen molar-refractivity contribution >= 4 is 5.97 Å². The molecule has 0 amide bonds. The summed E-state index contributed by atoms with van der Waals surface area (Å²) in [4.78, 5) is 15.2. The van der Waals surface area contributed by atoms with Crippen molar-refractivity contribution < 1.29 is 19.7 Å². The number of carbonyl (C=O) groups is 1. The molecule has 2 N–H and O–H groups in total. The molecule has 138 valence electrons. The molecule has 0 unspecified atom stereocenters. The van der Waals surface area contributed by atoms with Crippen molar-refractivity contribution in [3.8, 4) is 5.75 Å². The lowest BCUT2D eigenvalue weighted by Gasteiger charge is -2.69. The fourth-order valence-electron chi connectivity index (χ4n) is 6.59. The Kier molecular flexibility index (Phi) is 2.75. The standard InChI is InChI=1S/C21H25NO4/c23-15-4-3-14-9-17-21-6-5-20(25,18(24)26-21)12-19(21,16(14)10-15)7-8-22(17)11-13-1-2-13/h3-4,10,13,17,23,25H,1-2,5-9,11-12H2/t17-,19-,20+,21-/m1/s1. The third-order valence-electron chi connectivity index (χ3n) is 7.99. The minimum absolute atomic E-state index is 0.183. The Morgan fingerprint density at radius 3 is 2.85 bits per heavy atom. The van der Waals surface area contributed by atoms with E-state index in [1.807, 2.05) is 12.1 Å². The van der Waals surface area contributed by atoms with Crippen molar-refractivity contribution in [3.63, 3.8) is 0 Å². The average Bonchev–Trinajstić information content (AvgIpc) is 3.42. The van der Waals surface area contributed by atoms with Crippen LogP contribution >= 0.6 is 0 Å². The molecule has 5 nitrogen and oxygen atoms in total. The first-order chi connectivity index (χ1) is 12.5. The van der Waals surface area contributed by atoms with Crippen molar-refractivity contribution in [3.05, 3.63) is 29.3 Å². The number of esters is 1. The normalized spacial score (nSPS) is 43.6. The summed E-state index contributed by atoms with van der Waals surface area (Å²) in [5, 5.41) is 21.1. The molecule has 1 aromatic rings. The molecule has 0 aromatic heterocycles. The Hall–Kier alpha value is -1.59. The first-order valence-corrected chi connectivity index (χ1v) is 9.98. The number of likely N-dealkylation sites (tertiary alicyclic amines) is 1. The van der Waals surface area contributed by atoms with E-state index in [-0.39, 0.29) is 17.2 Å². The van der Waals surface area contributed by atoms with Crippen LogP contribution in [0.1, 0.15) is 49.7 Å². The van der Waals surface area contributed by atoms with E-state index in [4.69, 9.17) is 4.74 Å². The molecule has 1 aromatic carbocycles. The van der Waals surface area contributed by atoms with Crippen LogP contribution in [-0.2, 0) is 21.4 Å². The van der Waals surface area contributed by atoms with Gasteiger partial charge in [-0.05, 0) is 74.2 Å². The van der Waals surface area contributed by atoms with Crippen molar-refractivity contribution in [2.75, 3.05) is 13.1 Å². The first kappa shape index (κ1) is 15.5. The molecule has 1 spiro atoms. The highest BCUT2D eigenvalue weighted by molar-refractivity contribution is 5.83. The summed E-state index contributed by atoms with van der Waals surface area (Å²) in [6.07, 6.45) is 6.00. The molecule has 3 aliphatic heterocycles. The molecule has 5 fully saturated rings. The number of phenols is 1. The van der Waals surface area contributed by atoms with Gasteiger partial charge in [0.15, 0.2) is 5.60 Å². The molecule has 0 radical (unpaired) electrons. The van der Waals surface area contributed by atoms with Gasteiger partial charge in [0.1, 0.15) is 11.4 Å². The molecule has 26 heavy (non-hydrogen) atoms. The molecule has 3 heterocycles. The van der Waals surface area contributed by atoms with E-state index < -0.39 is 17.2 Å². The van der Waals surface area contributed by atoms with Crippen LogP contribution in [0, 0.1) is 5.92 Å². The lowest BCUT2D eigenvalue weighted by Crippen LogP contribution is -2.80. The molecule has 3 aliphatic carbocycles. The third-order valence-corrected chi connectivity index (χ3v) is 7.99. The first-order valence-electron chi connectivity index (χ1n) is 9.98. The summed E-state index contributed by atoms with van der Waals surface area (Å²) in [6.45, 7) is 2.07. The maximum atomic E-state index is 12.6. The highest BCUT2D eigenvalue weighted by Crippen LogP contribution is 2.65. The summed E-state index contributed by atoms with van der Waals surface area (Å²) in [5.41, 5.74) is 0.0509. The predicted octanol–water partition coefficient (Wildman–Crippen LogP) is 1.88. The minimum atomic E-state index is -1.37. The van der Waals surface area contributed by atoms with E-state index in [0.717, 1.165) is 43.8 Å². The van der Waals surface area contributed by atoms with Gasteiger partial charge in [-0.15, -0.1) is 0 Å². The van der Waals surface area contributed by atoms with Gasteiger partial charge < -0.3 is 14.9 Å². The number of piperidine rings is 1. The average molecular weight is 355 g/mol. The zero-order valence-electron chi connectivity index (χ0n) is 14.9. The maximum Gasteiger partial charge on any atom is 0.338 e. The zero-order valence-corrected chi connectivity index (χ0v) is 14.9. The van der Waals surface area contributed by atoms with Crippen LogP contribution in [0.4, 0.5) is 0 Å². The van der Waals surface area contributed by atoms with Crippen molar-refractivity contribution in [2.45, 2.75) is 67.6 Å². The number of rotatable bonds is 2. The highest BCUT2D eigenvalue weighted by atomic mass is 16.6. The van der Waals surface area contributed by atoms with Gasteiger partial charge in [0.05, 0.1) is 6.04 Å². The van der Waals surface area contributed by atoms with Gasteiger partial charge in [0, 0.05) is 18.4 Å². The number of hydrogen-bond donors (Lipinski definition) is 2. The second kappa shape index (κ2) is 4.63. The Labute approximate surface area is 152 Å². The van der Waals surface area contributed by atoms with Crippen LogP contribution in [0.5, 0.6) is 5.75 Å². The van der Waals surface area contributed by atoms with E-state index in [2.05, 4.69) is 4.90 Å². The van der Waals surface area contributed by atoms with Crippen molar-refractivity contribution in [1.29, 1.82) is 0 Å². The van der Waals surface area contributed by atoms with E-state index >= 15 is 0 Å². The Morgan fingerprint density at radius 2 is 2.08 bits per heavy atom. The summed E-state index contributed by atoms with van der Waals surface area (Å²) < 4.78 is 6.15. The Balaban J connectivity index is 1.55.